The van der Waals surface area contributed by atoms with E-state index in [0.29, 0.717) is 24.8 Å². The van der Waals surface area contributed by atoms with Crippen LogP contribution in [0.2, 0.25) is 0 Å². The van der Waals surface area contributed by atoms with Gasteiger partial charge in [-0.2, -0.15) is 4.98 Å². The molecule has 1 atom stereocenters. The van der Waals surface area contributed by atoms with Crippen molar-refractivity contribution in [1.29, 1.82) is 0 Å². The molecule has 4 heterocycles. The topological polar surface area (TPSA) is 84.6 Å². The Kier molecular flexibility index (Phi) is 6.84. The number of aromatic nitrogens is 3. The zero-order valence-corrected chi connectivity index (χ0v) is 16.8. The first-order chi connectivity index (χ1) is 14.3. The van der Waals surface area contributed by atoms with Crippen LogP contribution in [0.25, 0.3) is 11.5 Å². The molecule has 2 aromatic heterocycles. The smallest absolute Gasteiger partial charge is 0.258 e. The first-order valence-electron chi connectivity index (χ1n) is 10.6. The van der Waals surface area contributed by atoms with E-state index in [1.165, 1.54) is 25.7 Å². The third kappa shape index (κ3) is 5.61. The highest BCUT2D eigenvalue weighted by Gasteiger charge is 2.26. The maximum Gasteiger partial charge on any atom is 0.258 e. The monoisotopic (exact) mass is 399 g/mol. The summed E-state index contributed by atoms with van der Waals surface area (Å²) in [7, 11) is 0. The van der Waals surface area contributed by atoms with Gasteiger partial charge in [0.05, 0.1) is 12.6 Å². The Morgan fingerprint density at radius 2 is 1.90 bits per heavy atom. The number of carbonyl (C=O) groups excluding carboxylic acids is 1. The fourth-order valence-electron chi connectivity index (χ4n) is 4.00. The summed E-state index contributed by atoms with van der Waals surface area (Å²) in [5.74, 6) is 1.20. The lowest BCUT2D eigenvalue weighted by Crippen LogP contribution is -2.47. The number of carbonyl (C=O) groups is 1. The number of ether oxygens (including phenoxy) is 1. The predicted molar refractivity (Wildman–Crippen MR) is 107 cm³/mol. The van der Waals surface area contributed by atoms with Gasteiger partial charge in [0, 0.05) is 31.0 Å². The molecule has 2 fully saturated rings. The third-order valence-electron chi connectivity index (χ3n) is 5.63. The molecule has 0 spiro atoms. The van der Waals surface area contributed by atoms with Crippen molar-refractivity contribution in [3.63, 3.8) is 0 Å². The molecule has 0 radical (unpaired) electrons. The van der Waals surface area contributed by atoms with Crippen molar-refractivity contribution in [3.8, 4) is 11.5 Å². The molecule has 156 valence electrons. The van der Waals surface area contributed by atoms with Crippen molar-refractivity contribution in [3.05, 3.63) is 30.4 Å². The number of hydrogen-bond donors (Lipinski definition) is 0. The summed E-state index contributed by atoms with van der Waals surface area (Å²) in [4.78, 5) is 25.4. The number of piperidine rings is 1. The van der Waals surface area contributed by atoms with Crippen LogP contribution in [-0.4, -0.2) is 69.7 Å². The third-order valence-corrected chi connectivity index (χ3v) is 5.63. The Hall–Kier alpha value is -2.32. The van der Waals surface area contributed by atoms with Crippen LogP contribution in [0.1, 0.15) is 44.3 Å². The van der Waals surface area contributed by atoms with E-state index in [-0.39, 0.29) is 18.6 Å². The van der Waals surface area contributed by atoms with Crippen LogP contribution in [0.3, 0.4) is 0 Å². The maximum absolute atomic E-state index is 12.7. The molecule has 0 N–H and O–H groups in total. The van der Waals surface area contributed by atoms with Gasteiger partial charge in [-0.05, 0) is 50.9 Å². The molecule has 29 heavy (non-hydrogen) atoms. The van der Waals surface area contributed by atoms with Gasteiger partial charge in [0.1, 0.15) is 6.61 Å². The molecule has 0 aromatic carbocycles. The molecule has 2 aromatic rings. The summed E-state index contributed by atoms with van der Waals surface area (Å²) < 4.78 is 11.3. The Morgan fingerprint density at radius 1 is 1.10 bits per heavy atom. The highest BCUT2D eigenvalue weighted by Crippen LogP contribution is 2.18. The lowest BCUT2D eigenvalue weighted by atomic mass is 10.1. The minimum Gasteiger partial charge on any atom is -0.368 e. The van der Waals surface area contributed by atoms with Crippen LogP contribution in [0.15, 0.2) is 29.0 Å². The summed E-state index contributed by atoms with van der Waals surface area (Å²) in [5.41, 5.74) is 0.835. The van der Waals surface area contributed by atoms with E-state index >= 15 is 0 Å². The van der Waals surface area contributed by atoms with E-state index in [0.717, 1.165) is 38.0 Å². The summed E-state index contributed by atoms with van der Waals surface area (Å²) in [6.07, 6.45) is 10.3. The van der Waals surface area contributed by atoms with Gasteiger partial charge in [-0.15, -0.1) is 0 Å². The van der Waals surface area contributed by atoms with Crippen molar-refractivity contribution < 1.29 is 14.1 Å². The Morgan fingerprint density at radius 3 is 2.69 bits per heavy atom. The molecule has 0 bridgehead atoms. The van der Waals surface area contributed by atoms with Crippen molar-refractivity contribution in [2.75, 3.05) is 32.7 Å². The zero-order chi connectivity index (χ0) is 19.9. The molecule has 0 saturated carbocycles. The van der Waals surface area contributed by atoms with E-state index < -0.39 is 0 Å². The van der Waals surface area contributed by atoms with Crippen molar-refractivity contribution >= 4 is 5.91 Å². The van der Waals surface area contributed by atoms with Crippen molar-refractivity contribution in [1.82, 2.24) is 24.9 Å². The minimum atomic E-state index is 0.0136. The van der Waals surface area contributed by atoms with E-state index in [2.05, 4.69) is 20.0 Å². The second-order valence-corrected chi connectivity index (χ2v) is 7.86. The van der Waals surface area contributed by atoms with E-state index in [1.807, 2.05) is 17.0 Å². The first kappa shape index (κ1) is 20.0. The van der Waals surface area contributed by atoms with Crippen LogP contribution >= 0.6 is 0 Å². The van der Waals surface area contributed by atoms with Gasteiger partial charge in [-0.1, -0.05) is 18.0 Å². The second-order valence-electron chi connectivity index (χ2n) is 7.86. The Labute approximate surface area is 171 Å². The normalized spacial score (nSPS) is 21.1. The highest BCUT2D eigenvalue weighted by atomic mass is 16.5. The van der Waals surface area contributed by atoms with E-state index in [9.17, 15) is 4.79 Å². The molecule has 8 nitrogen and oxygen atoms in total. The number of nitrogens with zero attached hydrogens (tertiary/aromatic N) is 5. The zero-order valence-electron chi connectivity index (χ0n) is 16.8. The molecule has 0 unspecified atom stereocenters. The number of amides is 1. The molecule has 2 saturated heterocycles. The van der Waals surface area contributed by atoms with E-state index in [4.69, 9.17) is 9.26 Å². The summed E-state index contributed by atoms with van der Waals surface area (Å²) in [5, 5.41) is 4.00. The summed E-state index contributed by atoms with van der Waals surface area (Å²) in [6, 6.07) is 3.65. The fourth-order valence-corrected chi connectivity index (χ4v) is 4.00. The molecule has 8 heteroatoms. The van der Waals surface area contributed by atoms with Gasteiger partial charge in [-0.25, -0.2) is 0 Å². The van der Waals surface area contributed by atoms with Gasteiger partial charge in [-0.3, -0.25) is 14.7 Å². The van der Waals surface area contributed by atoms with Crippen molar-refractivity contribution in [2.24, 2.45) is 0 Å². The van der Waals surface area contributed by atoms with Crippen LogP contribution in [-0.2, 0) is 16.1 Å². The summed E-state index contributed by atoms with van der Waals surface area (Å²) >= 11 is 0. The number of rotatable bonds is 6. The van der Waals surface area contributed by atoms with Gasteiger partial charge < -0.3 is 14.2 Å². The van der Waals surface area contributed by atoms with Crippen LogP contribution in [0.5, 0.6) is 0 Å². The van der Waals surface area contributed by atoms with Gasteiger partial charge in [0.2, 0.25) is 5.91 Å². The van der Waals surface area contributed by atoms with Crippen molar-refractivity contribution in [2.45, 2.75) is 51.2 Å². The first-order valence-corrected chi connectivity index (χ1v) is 10.6. The van der Waals surface area contributed by atoms with Gasteiger partial charge >= 0.3 is 0 Å². The molecule has 4 rings (SSSR count). The van der Waals surface area contributed by atoms with E-state index in [1.54, 1.807) is 12.4 Å². The molecular weight excluding hydrogens is 370 g/mol. The molecular formula is C21H29N5O3. The lowest BCUT2D eigenvalue weighted by Gasteiger charge is -2.34. The molecule has 1 amide bonds. The standard InChI is InChI=1S/C21H29N5O3/c27-20(15-25-11-3-1-2-4-12-25)26-13-5-6-18(14-26)28-16-19-23-21(29-24-19)17-7-9-22-10-8-17/h7-10,18H,1-6,11-16H2/t18-/m0/s1. The second kappa shape index (κ2) is 9.93. The Bertz CT molecular complexity index is 774. The molecule has 2 aliphatic rings. The fraction of sp³-hybridized carbons (Fsp3) is 0.619. The highest BCUT2D eigenvalue weighted by molar-refractivity contribution is 5.78. The van der Waals surface area contributed by atoms with Crippen LogP contribution in [0, 0.1) is 0 Å². The number of likely N-dealkylation sites (tertiary alicyclic amines) is 2. The maximum atomic E-state index is 12.7. The van der Waals surface area contributed by atoms with Gasteiger partial charge in [0.15, 0.2) is 5.82 Å². The predicted octanol–water partition coefficient (Wildman–Crippen LogP) is 2.52. The molecule has 0 aliphatic carbocycles. The number of pyridine rings is 1. The Balaban J connectivity index is 1.25. The lowest BCUT2D eigenvalue weighted by molar-refractivity contribution is -0.136. The molecule has 2 aliphatic heterocycles. The largest absolute Gasteiger partial charge is 0.368 e. The average molecular weight is 399 g/mol. The minimum absolute atomic E-state index is 0.0136. The number of hydrogen-bond acceptors (Lipinski definition) is 7. The SMILES string of the molecule is O=C(CN1CCCCCC1)N1CCC[C@H](OCc2noc(-c3ccncc3)n2)C1. The summed E-state index contributed by atoms with van der Waals surface area (Å²) in [6.45, 7) is 4.36. The van der Waals surface area contributed by atoms with Gasteiger partial charge in [0.25, 0.3) is 5.89 Å². The average Bonchev–Trinajstić information content (AvgIpc) is 3.10. The quantitative estimate of drug-likeness (QED) is 0.738. The van der Waals surface area contributed by atoms with Crippen LogP contribution < -0.4 is 0 Å². The van der Waals surface area contributed by atoms with Crippen LogP contribution in [0.4, 0.5) is 0 Å².